The van der Waals surface area contributed by atoms with Gasteiger partial charge in [0.05, 0.1) is 56.4 Å². The van der Waals surface area contributed by atoms with Gasteiger partial charge in [-0.1, -0.05) is 6.92 Å². The SMILES string of the molecule is CCCN(C)P(=O)([O-])[O-].C[N+](C)(C)C.C[N+](C)(C)C. The summed E-state index contributed by atoms with van der Waals surface area (Å²) in [7, 11) is 13.8. The van der Waals surface area contributed by atoms with Gasteiger partial charge in [-0.15, -0.1) is 0 Å². The van der Waals surface area contributed by atoms with Crippen molar-refractivity contribution in [1.82, 2.24) is 4.67 Å². The average molecular weight is 299 g/mol. The van der Waals surface area contributed by atoms with Crippen LogP contribution in [0.2, 0.25) is 0 Å². The summed E-state index contributed by atoms with van der Waals surface area (Å²) in [6.45, 7) is 2.12. The van der Waals surface area contributed by atoms with Crippen LogP contribution in [0.25, 0.3) is 0 Å². The van der Waals surface area contributed by atoms with Gasteiger partial charge in [-0.2, -0.15) is 0 Å². The van der Waals surface area contributed by atoms with Crippen LogP contribution < -0.4 is 9.79 Å². The molecule has 0 radical (unpaired) electrons. The number of rotatable bonds is 3. The first kappa shape index (κ1) is 24.1. The van der Waals surface area contributed by atoms with Crippen LogP contribution in [0.5, 0.6) is 0 Å². The smallest absolute Gasteiger partial charge is 0.0675 e. The molecule has 0 amide bonds. The Morgan fingerprint density at radius 2 is 1.11 bits per heavy atom. The Morgan fingerprint density at radius 3 is 1.16 bits per heavy atom. The normalized spacial score (nSPS) is 12.3. The third-order valence-corrected chi connectivity index (χ3v) is 2.00. The van der Waals surface area contributed by atoms with Gasteiger partial charge in [-0.25, -0.2) is 0 Å². The van der Waals surface area contributed by atoms with Crippen LogP contribution in [0.4, 0.5) is 0 Å². The Hall–Kier alpha value is 0.0300. The van der Waals surface area contributed by atoms with Gasteiger partial charge in [-0.05, 0) is 21.2 Å². The summed E-state index contributed by atoms with van der Waals surface area (Å²) in [4.78, 5) is 20.2. The highest BCUT2D eigenvalue weighted by Gasteiger charge is 1.97. The van der Waals surface area contributed by atoms with Crippen molar-refractivity contribution in [3.05, 3.63) is 0 Å². The second-order valence-electron chi connectivity index (χ2n) is 7.22. The van der Waals surface area contributed by atoms with E-state index in [0.717, 1.165) is 13.6 Å². The molecular weight excluding hydrogens is 265 g/mol. The first-order valence-corrected chi connectivity index (χ1v) is 7.79. The molecule has 0 fully saturated rings. The molecule has 0 aliphatic rings. The summed E-state index contributed by atoms with van der Waals surface area (Å²) >= 11 is 0. The predicted octanol–water partition coefficient (Wildman–Crippen LogP) is -0.198. The fourth-order valence-corrected chi connectivity index (χ4v) is 0.891. The topological polar surface area (TPSA) is 66.4 Å². The lowest BCUT2D eigenvalue weighted by molar-refractivity contribution is -0.849. The fourth-order valence-electron chi connectivity index (χ4n) is 0.446. The highest BCUT2D eigenvalue weighted by molar-refractivity contribution is 7.46. The Kier molecular flexibility index (Phi) is 12.5. The number of hydrogen-bond acceptors (Lipinski definition) is 3. The van der Waals surface area contributed by atoms with Crippen molar-refractivity contribution in [2.45, 2.75) is 13.3 Å². The van der Waals surface area contributed by atoms with Crippen molar-refractivity contribution in [3.8, 4) is 0 Å². The molecule has 0 heterocycles. The van der Waals surface area contributed by atoms with Gasteiger partial charge in [0.15, 0.2) is 0 Å². The molecule has 0 bridgehead atoms. The molecule has 0 aliphatic carbocycles. The van der Waals surface area contributed by atoms with E-state index < -0.39 is 7.75 Å². The maximum absolute atomic E-state index is 10.1. The summed E-state index contributed by atoms with van der Waals surface area (Å²) in [5.41, 5.74) is 0. The van der Waals surface area contributed by atoms with E-state index in [1.54, 1.807) is 0 Å². The van der Waals surface area contributed by atoms with Crippen molar-refractivity contribution in [2.24, 2.45) is 0 Å². The average Bonchev–Trinajstić information content (AvgIpc) is 1.95. The molecular formula is C12H34N3O3P. The van der Waals surface area contributed by atoms with E-state index in [-0.39, 0.29) is 0 Å². The van der Waals surface area contributed by atoms with E-state index in [0.29, 0.717) is 13.0 Å². The lowest BCUT2D eigenvalue weighted by Gasteiger charge is -2.38. The van der Waals surface area contributed by atoms with Crippen LogP contribution in [-0.4, -0.2) is 83.6 Å². The second-order valence-corrected chi connectivity index (χ2v) is 8.84. The van der Waals surface area contributed by atoms with Gasteiger partial charge in [-0.3, -0.25) is 4.67 Å². The Bertz CT molecular complexity index is 230. The van der Waals surface area contributed by atoms with Gasteiger partial charge in [0, 0.05) is 6.54 Å². The quantitative estimate of drug-likeness (QED) is 0.535. The van der Waals surface area contributed by atoms with Gasteiger partial charge < -0.3 is 23.3 Å². The molecule has 120 valence electrons. The summed E-state index contributed by atoms with van der Waals surface area (Å²) in [6, 6.07) is 0. The largest absolute Gasteiger partial charge is 0.799 e. The van der Waals surface area contributed by atoms with E-state index in [9.17, 15) is 14.4 Å². The molecule has 0 unspecified atom stereocenters. The van der Waals surface area contributed by atoms with Crippen molar-refractivity contribution in [2.75, 3.05) is 70.0 Å². The Balaban J connectivity index is -0.000000219. The van der Waals surface area contributed by atoms with E-state index in [2.05, 4.69) is 56.4 Å². The van der Waals surface area contributed by atoms with Crippen LogP contribution >= 0.6 is 7.75 Å². The molecule has 0 aromatic heterocycles. The zero-order valence-electron chi connectivity index (χ0n) is 14.4. The zero-order valence-corrected chi connectivity index (χ0v) is 15.3. The fraction of sp³-hybridized carbons (Fsp3) is 1.00. The Labute approximate surface area is 120 Å². The molecule has 0 spiro atoms. The second kappa shape index (κ2) is 9.86. The highest BCUT2D eigenvalue weighted by Crippen LogP contribution is 2.26. The Morgan fingerprint density at radius 1 is 0.895 bits per heavy atom. The zero-order chi connectivity index (χ0) is 16.5. The van der Waals surface area contributed by atoms with Crippen LogP contribution in [0, 0.1) is 0 Å². The van der Waals surface area contributed by atoms with E-state index in [1.165, 1.54) is 7.05 Å². The summed E-state index contributed by atoms with van der Waals surface area (Å²) in [5.74, 6) is 0. The molecule has 0 saturated heterocycles. The van der Waals surface area contributed by atoms with Gasteiger partial charge in [0.2, 0.25) is 0 Å². The standard InChI is InChI=1S/C4H12NO3P.2C4H12N/c1-3-4-5(2)9(6,7)8;2*1-5(2,3)4/h3-4H2,1-2H3,(H2,6,7,8);2*1-4H3/q;2*+1/p-2. The van der Waals surface area contributed by atoms with Crippen LogP contribution in [0.1, 0.15) is 13.3 Å². The summed E-state index contributed by atoms with van der Waals surface area (Å²) in [6.07, 6.45) is 0.672. The van der Waals surface area contributed by atoms with Crippen molar-refractivity contribution >= 4 is 7.75 Å². The van der Waals surface area contributed by atoms with Crippen molar-refractivity contribution < 1.29 is 23.3 Å². The molecule has 0 atom stereocenters. The van der Waals surface area contributed by atoms with Gasteiger partial charge in [0.25, 0.3) is 0 Å². The third kappa shape index (κ3) is 56.8. The van der Waals surface area contributed by atoms with E-state index in [4.69, 9.17) is 0 Å². The molecule has 0 aromatic carbocycles. The van der Waals surface area contributed by atoms with Crippen LogP contribution in [0.15, 0.2) is 0 Å². The lowest BCUT2D eigenvalue weighted by atomic mass is 10.5. The third-order valence-electron chi connectivity index (χ3n) is 0.965. The van der Waals surface area contributed by atoms with Crippen LogP contribution in [-0.2, 0) is 4.57 Å². The maximum Gasteiger partial charge on any atom is 0.0675 e. The minimum Gasteiger partial charge on any atom is -0.799 e. The lowest BCUT2D eigenvalue weighted by Crippen LogP contribution is -2.30. The predicted molar refractivity (Wildman–Crippen MR) is 78.4 cm³/mol. The summed E-state index contributed by atoms with van der Waals surface area (Å²) in [5, 5.41) is 0. The molecule has 0 aromatic rings. The first-order valence-electron chi connectivity index (χ1n) is 6.30. The molecule has 0 N–H and O–H groups in total. The molecule has 19 heavy (non-hydrogen) atoms. The number of hydrogen-bond donors (Lipinski definition) is 0. The molecule has 0 rings (SSSR count). The monoisotopic (exact) mass is 299 g/mol. The molecule has 7 heteroatoms. The molecule has 0 saturated carbocycles. The minimum absolute atomic E-state index is 0.310. The number of nitrogens with zero attached hydrogens (tertiary/aromatic N) is 3. The highest BCUT2D eigenvalue weighted by atomic mass is 31.2. The molecule has 0 aliphatic heterocycles. The van der Waals surface area contributed by atoms with Crippen LogP contribution in [0.3, 0.4) is 0 Å². The number of quaternary nitrogens is 2. The maximum atomic E-state index is 10.1. The first-order chi connectivity index (χ1) is 7.98. The van der Waals surface area contributed by atoms with Gasteiger partial charge in [0.1, 0.15) is 0 Å². The van der Waals surface area contributed by atoms with Gasteiger partial charge >= 0.3 is 0 Å². The van der Waals surface area contributed by atoms with Crippen molar-refractivity contribution in [3.63, 3.8) is 0 Å². The van der Waals surface area contributed by atoms with Crippen molar-refractivity contribution in [1.29, 1.82) is 0 Å². The minimum atomic E-state index is -4.44. The van der Waals surface area contributed by atoms with E-state index >= 15 is 0 Å². The molecule has 6 nitrogen and oxygen atoms in total. The summed E-state index contributed by atoms with van der Waals surface area (Å²) < 4.78 is 12.9. The van der Waals surface area contributed by atoms with E-state index in [1.807, 2.05) is 6.92 Å².